The van der Waals surface area contributed by atoms with E-state index in [0.29, 0.717) is 43.3 Å². The summed E-state index contributed by atoms with van der Waals surface area (Å²) in [5, 5.41) is 23.4. The minimum atomic E-state index is -2.49. The van der Waals surface area contributed by atoms with E-state index >= 15 is 0 Å². The van der Waals surface area contributed by atoms with Crippen LogP contribution in [0.2, 0.25) is 0 Å². The number of hydrogen-bond acceptors (Lipinski definition) is 11. The van der Waals surface area contributed by atoms with Crippen molar-refractivity contribution in [1.82, 2.24) is 4.90 Å². The number of nitrogens with zero attached hydrogens (tertiary/aromatic N) is 1. The van der Waals surface area contributed by atoms with E-state index in [1.54, 1.807) is 27.9 Å². The van der Waals surface area contributed by atoms with Crippen LogP contribution in [0, 0.1) is 29.6 Å². The highest BCUT2D eigenvalue weighted by Crippen LogP contribution is 2.39. The molecule has 3 aliphatic heterocycles. The van der Waals surface area contributed by atoms with Gasteiger partial charge in [0.25, 0.3) is 11.7 Å². The molecular weight excluding hydrogens is 730 g/mol. The minimum Gasteiger partial charge on any atom is -0.456 e. The Labute approximate surface area is 332 Å². The summed E-state index contributed by atoms with van der Waals surface area (Å²) in [6.07, 6.45) is 4.57. The first kappa shape index (κ1) is 45.5. The third-order valence-corrected chi connectivity index (χ3v) is 13.1. The van der Waals surface area contributed by atoms with Gasteiger partial charge in [0.1, 0.15) is 18.2 Å². The molecule has 0 aromatic heterocycles. The van der Waals surface area contributed by atoms with Gasteiger partial charge in [0.15, 0.2) is 5.78 Å². The zero-order chi connectivity index (χ0) is 40.8. The summed E-state index contributed by atoms with van der Waals surface area (Å²) < 4.78 is 29.8. The van der Waals surface area contributed by atoms with E-state index in [9.17, 15) is 29.4 Å². The lowest BCUT2D eigenvalue weighted by Crippen LogP contribution is -2.64. The number of allylic oxidation sites excluding steroid dienone is 3. The van der Waals surface area contributed by atoms with Gasteiger partial charge in [-0.15, -0.1) is 11.6 Å². The average Bonchev–Trinajstić information content (AvgIpc) is 3.15. The SMILES string of the molecule is CO[C@H]1C[C@@H](C)CC(C)C=C(C)C(=O)C[C@H](O)[C@@H](C)[C@@H](C(C)=C[C@@H]2CC[C@H](Cl)[C@H](OC)C2)OC(=O)[C@@H]2CCCCN2C(=O)C(=O)[C@]2(O)OC1[C@@H](OC)C[C@H]2C. The van der Waals surface area contributed by atoms with Gasteiger partial charge in [-0.05, 0) is 101 Å². The van der Waals surface area contributed by atoms with Crippen LogP contribution in [0.4, 0.5) is 0 Å². The molecule has 2 bridgehead atoms. The molecule has 0 radical (unpaired) electrons. The number of piperidine rings is 1. The second kappa shape index (κ2) is 20.0. The first-order valence-corrected chi connectivity index (χ1v) is 20.7. The molecule has 12 nitrogen and oxygen atoms in total. The fourth-order valence-corrected chi connectivity index (χ4v) is 9.52. The fraction of sp³-hybridized carbons (Fsp3) is 0.810. The van der Waals surface area contributed by atoms with Crippen LogP contribution in [0.15, 0.2) is 23.3 Å². The number of methoxy groups -OCH3 is 3. The summed E-state index contributed by atoms with van der Waals surface area (Å²) in [4.78, 5) is 57.3. The van der Waals surface area contributed by atoms with Crippen LogP contribution in [0.1, 0.15) is 106 Å². The summed E-state index contributed by atoms with van der Waals surface area (Å²) in [5.41, 5.74) is 1.23. The second-order valence-corrected chi connectivity index (χ2v) is 17.5. The number of ketones is 2. The zero-order valence-electron chi connectivity index (χ0n) is 34.3. The predicted molar refractivity (Wildman–Crippen MR) is 207 cm³/mol. The Kier molecular flexibility index (Phi) is 16.5. The molecular formula is C42H66ClNO11. The number of aliphatic hydroxyl groups excluding tert-OH is 1. The summed E-state index contributed by atoms with van der Waals surface area (Å²) in [6.45, 7) is 11.2. The Balaban J connectivity index is 1.75. The first-order valence-electron chi connectivity index (χ1n) is 20.2. The zero-order valence-corrected chi connectivity index (χ0v) is 35.1. The van der Waals surface area contributed by atoms with Crippen LogP contribution in [0.25, 0.3) is 0 Å². The van der Waals surface area contributed by atoms with Gasteiger partial charge in [-0.3, -0.25) is 14.4 Å². The highest BCUT2D eigenvalue weighted by molar-refractivity contribution is 6.39. The molecule has 13 heteroatoms. The Morgan fingerprint density at radius 1 is 0.927 bits per heavy atom. The van der Waals surface area contributed by atoms with Crippen LogP contribution >= 0.6 is 11.6 Å². The van der Waals surface area contributed by atoms with Crippen LogP contribution in [-0.2, 0) is 42.9 Å². The smallest absolute Gasteiger partial charge is 0.329 e. The number of rotatable bonds is 5. The van der Waals surface area contributed by atoms with Gasteiger partial charge < -0.3 is 38.8 Å². The summed E-state index contributed by atoms with van der Waals surface area (Å²) in [7, 11) is 4.70. The van der Waals surface area contributed by atoms with Crippen LogP contribution < -0.4 is 0 Å². The molecule has 3 fully saturated rings. The van der Waals surface area contributed by atoms with E-state index in [-0.39, 0.29) is 60.8 Å². The van der Waals surface area contributed by atoms with E-state index in [2.05, 4.69) is 6.92 Å². The van der Waals surface area contributed by atoms with Crippen molar-refractivity contribution in [2.45, 2.75) is 160 Å². The quantitative estimate of drug-likeness (QED) is 0.161. The molecule has 2 unspecified atom stereocenters. The van der Waals surface area contributed by atoms with Crippen molar-refractivity contribution in [3.63, 3.8) is 0 Å². The van der Waals surface area contributed by atoms with E-state index in [4.69, 9.17) is 35.3 Å². The highest BCUT2D eigenvalue weighted by Gasteiger charge is 2.56. The standard InChI is InChI=1S/C42H66ClNO11/c1-23-16-24(2)18-35(52-8)38-36(53-9)20-27(5)42(50,55-38)39(47)40(48)44-15-11-10-12-31(44)41(49)54-37(28(6)33(46)22-32(45)25(3)17-23)26(4)19-29-13-14-30(43)34(21-29)51-7/h17,19,23-24,27-31,33-38,46,50H,10-16,18,20-22H2,1-9H3/t23?,24-,27+,28+,29-,30-,31-,33-,34+,35-,36-,37+,38?,42+/m0/s1. The lowest BCUT2D eigenvalue weighted by atomic mass is 9.81. The molecule has 2 saturated heterocycles. The van der Waals surface area contributed by atoms with Crippen LogP contribution in [0.3, 0.4) is 0 Å². The van der Waals surface area contributed by atoms with E-state index in [0.717, 1.165) is 12.8 Å². The number of alkyl halides is 1. The van der Waals surface area contributed by atoms with Crippen molar-refractivity contribution in [3.05, 3.63) is 23.3 Å². The minimum absolute atomic E-state index is 0.00272. The van der Waals surface area contributed by atoms with Crippen molar-refractivity contribution in [2.75, 3.05) is 27.9 Å². The van der Waals surface area contributed by atoms with E-state index in [1.165, 1.54) is 19.1 Å². The maximum absolute atomic E-state index is 14.2. The van der Waals surface area contributed by atoms with Gasteiger partial charge in [-0.2, -0.15) is 0 Å². The molecule has 55 heavy (non-hydrogen) atoms. The number of carbonyl (C=O) groups is 4. The third-order valence-electron chi connectivity index (χ3n) is 12.6. The van der Waals surface area contributed by atoms with Crippen molar-refractivity contribution in [1.29, 1.82) is 0 Å². The fourth-order valence-electron chi connectivity index (χ4n) is 9.19. The molecule has 3 heterocycles. The number of aliphatic hydroxyl groups is 2. The maximum Gasteiger partial charge on any atom is 0.329 e. The van der Waals surface area contributed by atoms with Crippen molar-refractivity contribution >= 4 is 35.0 Å². The average molecular weight is 796 g/mol. The molecule has 1 saturated carbocycles. The molecule has 1 amide bonds. The molecule has 2 N–H and O–H groups in total. The number of cyclic esters (lactones) is 1. The monoisotopic (exact) mass is 795 g/mol. The van der Waals surface area contributed by atoms with Gasteiger partial charge in [0.05, 0.1) is 29.8 Å². The van der Waals surface area contributed by atoms with Crippen molar-refractivity contribution < 1.29 is 53.1 Å². The van der Waals surface area contributed by atoms with Gasteiger partial charge in [-0.25, -0.2) is 4.79 Å². The van der Waals surface area contributed by atoms with Gasteiger partial charge in [-0.1, -0.05) is 39.8 Å². The van der Waals surface area contributed by atoms with Gasteiger partial charge in [0, 0.05) is 46.1 Å². The third kappa shape index (κ3) is 10.9. The largest absolute Gasteiger partial charge is 0.456 e. The van der Waals surface area contributed by atoms with E-state index in [1.807, 2.05) is 26.0 Å². The molecule has 1 aliphatic carbocycles. The lowest BCUT2D eigenvalue weighted by Gasteiger charge is -2.47. The first-order chi connectivity index (χ1) is 25.9. The Morgan fingerprint density at radius 3 is 2.24 bits per heavy atom. The Morgan fingerprint density at radius 2 is 1.58 bits per heavy atom. The van der Waals surface area contributed by atoms with Crippen LogP contribution in [0.5, 0.6) is 0 Å². The van der Waals surface area contributed by atoms with Crippen molar-refractivity contribution in [2.24, 2.45) is 29.6 Å². The topological polar surface area (TPSA) is 158 Å². The number of hydrogen-bond donors (Lipinski definition) is 2. The van der Waals surface area contributed by atoms with Crippen molar-refractivity contribution in [3.8, 4) is 0 Å². The number of esters is 1. The molecule has 0 aromatic carbocycles. The summed E-state index contributed by atoms with van der Waals surface area (Å²) in [6, 6.07) is -1.12. The molecule has 0 spiro atoms. The Bertz CT molecular complexity index is 1420. The number of Topliss-reactive ketones (excluding diaryl/α,β-unsaturated/α-hetero) is 2. The lowest BCUT2D eigenvalue weighted by molar-refractivity contribution is -0.302. The second-order valence-electron chi connectivity index (χ2n) is 16.9. The Hall–Kier alpha value is -2.19. The van der Waals surface area contributed by atoms with Gasteiger partial charge in [0.2, 0.25) is 5.79 Å². The van der Waals surface area contributed by atoms with E-state index < -0.39 is 71.8 Å². The summed E-state index contributed by atoms with van der Waals surface area (Å²) >= 11 is 6.51. The number of halogens is 1. The highest BCUT2D eigenvalue weighted by atomic mass is 35.5. The predicted octanol–water partition coefficient (Wildman–Crippen LogP) is 5.33. The summed E-state index contributed by atoms with van der Waals surface area (Å²) in [5.74, 6) is -6.97. The number of ether oxygens (including phenoxy) is 5. The molecule has 4 aliphatic rings. The number of carbonyl (C=O) groups excluding carboxylic acids is 4. The maximum atomic E-state index is 14.2. The molecule has 14 atom stereocenters. The van der Waals surface area contributed by atoms with Crippen LogP contribution in [-0.4, -0.2) is 120 Å². The normalized spacial score (nSPS) is 41.2. The molecule has 0 aromatic rings. The van der Waals surface area contributed by atoms with Gasteiger partial charge >= 0.3 is 5.97 Å². The molecule has 312 valence electrons. The number of amides is 1. The molecule has 4 rings (SSSR count). The number of fused-ring (bicyclic) bond motifs is 3.